The lowest BCUT2D eigenvalue weighted by atomic mass is 9.87. The van der Waals surface area contributed by atoms with E-state index in [9.17, 15) is 4.39 Å². The zero-order chi connectivity index (χ0) is 11.6. The molecule has 0 radical (unpaired) electrons. The van der Waals surface area contributed by atoms with Crippen LogP contribution in [-0.2, 0) is 0 Å². The lowest BCUT2D eigenvalue weighted by Gasteiger charge is -2.51. The van der Waals surface area contributed by atoms with Gasteiger partial charge in [-0.05, 0) is 33.1 Å². The third kappa shape index (κ3) is 2.40. The third-order valence-electron chi connectivity index (χ3n) is 4.37. The van der Waals surface area contributed by atoms with Gasteiger partial charge in [0.2, 0.25) is 0 Å². The average Bonchev–Trinajstić information content (AvgIpc) is 2.69. The minimum atomic E-state index is -0.187. The second-order valence-corrected chi connectivity index (χ2v) is 6.12. The van der Waals surface area contributed by atoms with Gasteiger partial charge in [-0.3, -0.25) is 9.29 Å². The van der Waals surface area contributed by atoms with Gasteiger partial charge in [0.25, 0.3) is 0 Å². The summed E-state index contributed by atoms with van der Waals surface area (Å²) in [5.74, 6) is 0. The van der Waals surface area contributed by atoms with Crippen molar-refractivity contribution in [2.24, 2.45) is 0 Å². The highest BCUT2D eigenvalue weighted by Crippen LogP contribution is 2.35. The van der Waals surface area contributed by atoms with Crippen molar-refractivity contribution in [1.82, 2.24) is 10.2 Å². The second kappa shape index (κ2) is 4.61. The van der Waals surface area contributed by atoms with Crippen LogP contribution in [0.3, 0.4) is 0 Å². The molecule has 2 fully saturated rings. The second-order valence-electron chi connectivity index (χ2n) is 6.12. The van der Waals surface area contributed by atoms with Gasteiger partial charge in [0.1, 0.15) is 0 Å². The molecule has 1 saturated carbocycles. The summed E-state index contributed by atoms with van der Waals surface area (Å²) in [6, 6.07) is 0. The van der Waals surface area contributed by atoms with E-state index < -0.39 is 0 Å². The van der Waals surface area contributed by atoms with Crippen LogP contribution in [0.15, 0.2) is 0 Å². The van der Waals surface area contributed by atoms with E-state index in [0.717, 1.165) is 19.6 Å². The van der Waals surface area contributed by atoms with E-state index in [1.807, 2.05) is 0 Å². The quantitative estimate of drug-likeness (QED) is 0.797. The molecule has 1 aliphatic heterocycles. The maximum atomic E-state index is 12.3. The Kier molecular flexibility index (Phi) is 3.55. The number of hydrogen-bond donors (Lipinski definition) is 1. The van der Waals surface area contributed by atoms with Gasteiger partial charge in [-0.1, -0.05) is 12.8 Å². The van der Waals surface area contributed by atoms with Crippen LogP contribution in [0.2, 0.25) is 0 Å². The predicted octanol–water partition coefficient (Wildman–Crippen LogP) is 2.34. The van der Waals surface area contributed by atoms with E-state index >= 15 is 0 Å². The maximum absolute atomic E-state index is 12.3. The highest BCUT2D eigenvalue weighted by molar-refractivity contribution is 5.03. The summed E-state index contributed by atoms with van der Waals surface area (Å²) in [6.45, 7) is 7.40. The number of nitrogens with one attached hydrogen (secondary N) is 1. The molecule has 1 aliphatic carbocycles. The highest BCUT2D eigenvalue weighted by atomic mass is 19.1. The summed E-state index contributed by atoms with van der Waals surface area (Å²) in [6.07, 6.45) is 5.98. The molecular formula is C13H25FN2. The average molecular weight is 228 g/mol. The Balaban J connectivity index is 2.00. The first kappa shape index (κ1) is 12.3. The molecule has 0 aromatic carbocycles. The molecule has 0 amide bonds. The summed E-state index contributed by atoms with van der Waals surface area (Å²) in [4.78, 5) is 2.49. The van der Waals surface area contributed by atoms with Gasteiger partial charge in [0, 0.05) is 30.7 Å². The molecule has 3 heteroatoms. The summed E-state index contributed by atoms with van der Waals surface area (Å²) < 4.78 is 12.3. The van der Waals surface area contributed by atoms with Crippen molar-refractivity contribution in [3.63, 3.8) is 0 Å². The van der Waals surface area contributed by atoms with Crippen LogP contribution in [-0.4, -0.2) is 42.3 Å². The summed E-state index contributed by atoms with van der Waals surface area (Å²) >= 11 is 0. The smallest absolute Gasteiger partial charge is 0.0906 e. The third-order valence-corrected chi connectivity index (χ3v) is 4.37. The number of hydrogen-bond acceptors (Lipinski definition) is 2. The SMILES string of the molecule is CC1(C)CNC2(CCCC2)CN1CCCF. The Morgan fingerprint density at radius 1 is 1.25 bits per heavy atom. The van der Waals surface area contributed by atoms with Crippen LogP contribution in [0.25, 0.3) is 0 Å². The fraction of sp³-hybridized carbons (Fsp3) is 1.00. The van der Waals surface area contributed by atoms with Gasteiger partial charge in [-0.2, -0.15) is 0 Å². The van der Waals surface area contributed by atoms with Gasteiger partial charge in [0.05, 0.1) is 6.67 Å². The maximum Gasteiger partial charge on any atom is 0.0906 e. The number of piperazine rings is 1. The molecule has 1 saturated heterocycles. The molecule has 0 aromatic rings. The largest absolute Gasteiger partial charge is 0.308 e. The number of halogens is 1. The molecule has 94 valence electrons. The van der Waals surface area contributed by atoms with Crippen molar-refractivity contribution in [2.75, 3.05) is 26.3 Å². The molecule has 0 atom stereocenters. The fourth-order valence-corrected chi connectivity index (χ4v) is 3.17. The van der Waals surface area contributed by atoms with Gasteiger partial charge in [0.15, 0.2) is 0 Å². The molecule has 16 heavy (non-hydrogen) atoms. The van der Waals surface area contributed by atoms with Crippen LogP contribution in [0.5, 0.6) is 0 Å². The van der Waals surface area contributed by atoms with Crippen molar-refractivity contribution in [3.05, 3.63) is 0 Å². The van der Waals surface area contributed by atoms with E-state index in [4.69, 9.17) is 0 Å². The van der Waals surface area contributed by atoms with Crippen molar-refractivity contribution in [3.8, 4) is 0 Å². The minimum Gasteiger partial charge on any atom is -0.308 e. The fourth-order valence-electron chi connectivity index (χ4n) is 3.17. The molecule has 0 unspecified atom stereocenters. The van der Waals surface area contributed by atoms with E-state index in [1.165, 1.54) is 25.7 Å². The molecule has 2 nitrogen and oxygen atoms in total. The van der Waals surface area contributed by atoms with E-state index in [1.54, 1.807) is 0 Å². The zero-order valence-electron chi connectivity index (χ0n) is 10.7. The molecule has 0 bridgehead atoms. The van der Waals surface area contributed by atoms with E-state index in [0.29, 0.717) is 12.0 Å². The van der Waals surface area contributed by atoms with Crippen LogP contribution in [0.1, 0.15) is 46.0 Å². The Hall–Kier alpha value is -0.150. The lowest BCUT2D eigenvalue weighted by Crippen LogP contribution is -2.67. The molecule has 1 heterocycles. The Labute approximate surface area is 98.6 Å². The van der Waals surface area contributed by atoms with Crippen LogP contribution in [0, 0.1) is 0 Å². The Morgan fingerprint density at radius 2 is 1.94 bits per heavy atom. The zero-order valence-corrected chi connectivity index (χ0v) is 10.7. The Bertz CT molecular complexity index is 234. The topological polar surface area (TPSA) is 15.3 Å². The highest BCUT2D eigenvalue weighted by Gasteiger charge is 2.43. The van der Waals surface area contributed by atoms with Gasteiger partial charge in [-0.15, -0.1) is 0 Å². The first-order valence-corrected chi connectivity index (χ1v) is 6.64. The van der Waals surface area contributed by atoms with Crippen LogP contribution in [0.4, 0.5) is 4.39 Å². The first-order valence-electron chi connectivity index (χ1n) is 6.64. The molecular weight excluding hydrogens is 203 g/mol. The lowest BCUT2D eigenvalue weighted by molar-refractivity contribution is 0.0263. The molecule has 0 aromatic heterocycles. The first-order chi connectivity index (χ1) is 7.58. The number of rotatable bonds is 3. The number of nitrogens with zero attached hydrogens (tertiary/aromatic N) is 1. The molecule has 1 spiro atoms. The van der Waals surface area contributed by atoms with Gasteiger partial charge in [-0.25, -0.2) is 0 Å². The minimum absolute atomic E-state index is 0.184. The summed E-state index contributed by atoms with van der Waals surface area (Å²) in [5.41, 5.74) is 0.537. The summed E-state index contributed by atoms with van der Waals surface area (Å²) in [5, 5.41) is 3.76. The van der Waals surface area contributed by atoms with Crippen LogP contribution < -0.4 is 5.32 Å². The van der Waals surface area contributed by atoms with Gasteiger partial charge < -0.3 is 5.32 Å². The van der Waals surface area contributed by atoms with E-state index in [2.05, 4.69) is 24.1 Å². The van der Waals surface area contributed by atoms with Crippen LogP contribution >= 0.6 is 0 Å². The standard InChI is InChI=1S/C13H25FN2/c1-12(2)10-15-13(6-3-4-7-13)11-16(12)9-5-8-14/h15H,3-11H2,1-2H3. The van der Waals surface area contributed by atoms with Crippen molar-refractivity contribution >= 4 is 0 Å². The monoisotopic (exact) mass is 228 g/mol. The Morgan fingerprint density at radius 3 is 2.56 bits per heavy atom. The summed E-state index contributed by atoms with van der Waals surface area (Å²) in [7, 11) is 0. The van der Waals surface area contributed by atoms with E-state index in [-0.39, 0.29) is 12.2 Å². The molecule has 2 rings (SSSR count). The molecule has 1 N–H and O–H groups in total. The van der Waals surface area contributed by atoms with Gasteiger partial charge >= 0.3 is 0 Å². The van der Waals surface area contributed by atoms with Crippen molar-refractivity contribution < 1.29 is 4.39 Å². The molecule has 2 aliphatic rings. The predicted molar refractivity (Wildman–Crippen MR) is 65.4 cm³/mol. The van der Waals surface area contributed by atoms with Crippen molar-refractivity contribution in [2.45, 2.75) is 57.0 Å². The normalized spacial score (nSPS) is 28.7. The van der Waals surface area contributed by atoms with Crippen molar-refractivity contribution in [1.29, 1.82) is 0 Å². The number of alkyl halides is 1.